The number of amides is 2. The summed E-state index contributed by atoms with van der Waals surface area (Å²) in [4.78, 5) is 11.6. The number of aryl methyl sites for hydroxylation is 1. The van der Waals surface area contributed by atoms with E-state index < -0.39 is 0 Å². The number of carbonyl (C=O) groups excluding carboxylic acids is 1. The van der Waals surface area contributed by atoms with Gasteiger partial charge in [0, 0.05) is 12.2 Å². The number of benzene rings is 2. The van der Waals surface area contributed by atoms with Crippen LogP contribution in [0.15, 0.2) is 48.5 Å². The average Bonchev–Trinajstić information content (AvgIpc) is 2.48. The summed E-state index contributed by atoms with van der Waals surface area (Å²) in [6.45, 7) is 2.98. The molecule has 0 spiro atoms. The highest BCUT2D eigenvalue weighted by atomic mass is 19.1. The first-order valence-electron chi connectivity index (χ1n) is 7.14. The van der Waals surface area contributed by atoms with Gasteiger partial charge in [0.05, 0.1) is 6.61 Å². The number of carbonyl (C=O) groups is 1. The second kappa shape index (κ2) is 8.02. The minimum absolute atomic E-state index is 0.360. The molecular weight excluding hydrogens is 283 g/mol. The molecular formula is C17H19FN2O2. The number of hydrogen-bond acceptors (Lipinski definition) is 2. The molecule has 0 aliphatic heterocycles. The van der Waals surface area contributed by atoms with Gasteiger partial charge in [0.1, 0.15) is 11.6 Å². The summed E-state index contributed by atoms with van der Waals surface area (Å²) >= 11 is 0. The third-order valence-electron chi connectivity index (χ3n) is 3.04. The monoisotopic (exact) mass is 302 g/mol. The van der Waals surface area contributed by atoms with E-state index in [4.69, 9.17) is 4.74 Å². The van der Waals surface area contributed by atoms with Crippen LogP contribution >= 0.6 is 0 Å². The quantitative estimate of drug-likeness (QED) is 0.799. The Balaban J connectivity index is 1.64. The highest BCUT2D eigenvalue weighted by Crippen LogP contribution is 2.16. The van der Waals surface area contributed by atoms with E-state index in [1.165, 1.54) is 12.1 Å². The molecule has 0 aliphatic rings. The summed E-state index contributed by atoms with van der Waals surface area (Å²) in [7, 11) is 0. The highest BCUT2D eigenvalue weighted by Gasteiger charge is 2.02. The molecule has 0 radical (unpaired) electrons. The molecule has 0 saturated heterocycles. The van der Waals surface area contributed by atoms with Crippen LogP contribution in [0.1, 0.15) is 12.0 Å². The maximum Gasteiger partial charge on any atom is 0.319 e. The van der Waals surface area contributed by atoms with Gasteiger partial charge in [0.2, 0.25) is 0 Å². The molecule has 2 aromatic rings. The van der Waals surface area contributed by atoms with Crippen molar-refractivity contribution in [3.05, 3.63) is 59.9 Å². The summed E-state index contributed by atoms with van der Waals surface area (Å²) in [5.74, 6) is 0.469. The number of halogens is 1. The van der Waals surface area contributed by atoms with Crippen LogP contribution in [0.5, 0.6) is 5.75 Å². The van der Waals surface area contributed by atoms with Crippen molar-refractivity contribution >= 4 is 11.7 Å². The molecule has 0 aromatic heterocycles. The van der Waals surface area contributed by atoms with Gasteiger partial charge in [0.15, 0.2) is 0 Å². The van der Waals surface area contributed by atoms with Gasteiger partial charge in [-0.15, -0.1) is 0 Å². The number of nitrogens with one attached hydrogen (secondary N) is 2. The number of para-hydroxylation sites is 1. The minimum Gasteiger partial charge on any atom is -0.493 e. The third-order valence-corrected chi connectivity index (χ3v) is 3.04. The van der Waals surface area contributed by atoms with Gasteiger partial charge in [0.25, 0.3) is 0 Å². The third kappa shape index (κ3) is 5.09. The van der Waals surface area contributed by atoms with Gasteiger partial charge < -0.3 is 15.4 Å². The lowest BCUT2D eigenvalue weighted by Crippen LogP contribution is -2.30. The molecule has 22 heavy (non-hydrogen) atoms. The normalized spacial score (nSPS) is 10.1. The molecule has 4 nitrogen and oxygen atoms in total. The van der Waals surface area contributed by atoms with Crippen LogP contribution in [0.4, 0.5) is 14.9 Å². The van der Waals surface area contributed by atoms with E-state index in [2.05, 4.69) is 10.6 Å². The Morgan fingerprint density at radius 2 is 2.00 bits per heavy atom. The van der Waals surface area contributed by atoms with Gasteiger partial charge in [-0.05, 0) is 43.2 Å². The van der Waals surface area contributed by atoms with E-state index in [9.17, 15) is 9.18 Å². The Bertz CT molecular complexity index is 632. The van der Waals surface area contributed by atoms with Gasteiger partial charge in [-0.3, -0.25) is 0 Å². The number of urea groups is 1. The summed E-state index contributed by atoms with van der Waals surface area (Å²) < 4.78 is 18.6. The van der Waals surface area contributed by atoms with Crippen LogP contribution in [-0.2, 0) is 0 Å². The summed E-state index contributed by atoms with van der Waals surface area (Å²) in [5, 5.41) is 5.27. The largest absolute Gasteiger partial charge is 0.493 e. The van der Waals surface area contributed by atoms with E-state index in [-0.39, 0.29) is 11.8 Å². The molecule has 2 amide bonds. The molecule has 0 heterocycles. The van der Waals surface area contributed by atoms with Crippen LogP contribution in [-0.4, -0.2) is 19.2 Å². The molecule has 0 aliphatic carbocycles. The Hall–Kier alpha value is -2.56. The van der Waals surface area contributed by atoms with E-state index >= 15 is 0 Å². The van der Waals surface area contributed by atoms with Crippen LogP contribution in [0.2, 0.25) is 0 Å². The molecule has 2 rings (SSSR count). The fraction of sp³-hybridized carbons (Fsp3) is 0.235. The van der Waals surface area contributed by atoms with E-state index in [1.807, 2.05) is 31.2 Å². The van der Waals surface area contributed by atoms with Crippen LogP contribution in [0, 0.1) is 12.7 Å². The molecule has 2 aromatic carbocycles. The maximum atomic E-state index is 13.0. The van der Waals surface area contributed by atoms with Crippen molar-refractivity contribution in [3.63, 3.8) is 0 Å². The summed E-state index contributed by atoms with van der Waals surface area (Å²) in [6, 6.07) is 13.2. The molecule has 0 saturated carbocycles. The van der Waals surface area contributed by atoms with E-state index in [0.29, 0.717) is 25.3 Å². The van der Waals surface area contributed by atoms with Crippen molar-refractivity contribution in [1.82, 2.24) is 5.32 Å². The number of ether oxygens (including phenoxy) is 1. The fourth-order valence-electron chi connectivity index (χ4n) is 1.92. The number of anilines is 1. The standard InChI is InChI=1S/C17H19FN2O2/c1-13-6-2-3-9-16(13)22-11-5-10-19-17(21)20-15-8-4-7-14(18)12-15/h2-4,6-9,12H,5,10-11H2,1H3,(H2,19,20,21). The zero-order valence-electron chi connectivity index (χ0n) is 12.4. The smallest absolute Gasteiger partial charge is 0.319 e. The highest BCUT2D eigenvalue weighted by molar-refractivity contribution is 5.89. The van der Waals surface area contributed by atoms with Crippen LogP contribution in [0.25, 0.3) is 0 Å². The van der Waals surface area contributed by atoms with Crippen LogP contribution in [0.3, 0.4) is 0 Å². The zero-order chi connectivity index (χ0) is 15.8. The van der Waals surface area contributed by atoms with Crippen molar-refractivity contribution in [1.29, 1.82) is 0 Å². The minimum atomic E-state index is -0.385. The first kappa shape index (κ1) is 15.8. The van der Waals surface area contributed by atoms with Gasteiger partial charge in [-0.1, -0.05) is 24.3 Å². The maximum absolute atomic E-state index is 13.0. The molecule has 0 fully saturated rings. The summed E-state index contributed by atoms with van der Waals surface area (Å²) in [5.41, 5.74) is 1.51. The van der Waals surface area contributed by atoms with Crippen molar-refractivity contribution in [2.24, 2.45) is 0 Å². The molecule has 5 heteroatoms. The lowest BCUT2D eigenvalue weighted by molar-refractivity contribution is 0.250. The van der Waals surface area contributed by atoms with Crippen molar-refractivity contribution in [2.45, 2.75) is 13.3 Å². The second-order valence-corrected chi connectivity index (χ2v) is 4.86. The number of rotatable bonds is 6. The lowest BCUT2D eigenvalue weighted by Gasteiger charge is -2.10. The van der Waals surface area contributed by atoms with Gasteiger partial charge in [-0.2, -0.15) is 0 Å². The Kier molecular flexibility index (Phi) is 5.77. The van der Waals surface area contributed by atoms with Crippen molar-refractivity contribution in [2.75, 3.05) is 18.5 Å². The Labute approximate surface area is 129 Å². The van der Waals surface area contributed by atoms with Crippen molar-refractivity contribution < 1.29 is 13.9 Å². The van der Waals surface area contributed by atoms with Crippen molar-refractivity contribution in [3.8, 4) is 5.75 Å². The molecule has 0 bridgehead atoms. The second-order valence-electron chi connectivity index (χ2n) is 4.86. The number of hydrogen-bond donors (Lipinski definition) is 2. The van der Waals surface area contributed by atoms with E-state index in [1.54, 1.807) is 12.1 Å². The molecule has 2 N–H and O–H groups in total. The van der Waals surface area contributed by atoms with Crippen LogP contribution < -0.4 is 15.4 Å². The molecule has 0 atom stereocenters. The first-order chi connectivity index (χ1) is 10.6. The Morgan fingerprint density at radius 3 is 2.77 bits per heavy atom. The first-order valence-corrected chi connectivity index (χ1v) is 7.14. The fourth-order valence-corrected chi connectivity index (χ4v) is 1.92. The predicted octanol–water partition coefficient (Wildman–Crippen LogP) is 3.72. The molecule has 0 unspecified atom stereocenters. The summed E-state index contributed by atoms with van der Waals surface area (Å²) in [6.07, 6.45) is 0.685. The molecule has 116 valence electrons. The lowest BCUT2D eigenvalue weighted by atomic mass is 10.2. The van der Waals surface area contributed by atoms with E-state index in [0.717, 1.165) is 11.3 Å². The average molecular weight is 302 g/mol. The SMILES string of the molecule is Cc1ccccc1OCCCNC(=O)Nc1cccc(F)c1. The van der Waals surface area contributed by atoms with Gasteiger partial charge >= 0.3 is 6.03 Å². The zero-order valence-corrected chi connectivity index (χ0v) is 12.4. The predicted molar refractivity (Wildman–Crippen MR) is 84.7 cm³/mol. The van der Waals surface area contributed by atoms with Gasteiger partial charge in [-0.25, -0.2) is 9.18 Å². The topological polar surface area (TPSA) is 50.4 Å². The Morgan fingerprint density at radius 1 is 1.18 bits per heavy atom.